The summed E-state index contributed by atoms with van der Waals surface area (Å²) in [7, 11) is 1.51. The number of nitrogens with zero attached hydrogens (tertiary/aromatic N) is 2. The van der Waals surface area contributed by atoms with E-state index in [0.29, 0.717) is 4.88 Å². The number of aromatic nitrogens is 1. The Morgan fingerprint density at radius 2 is 2.11 bits per heavy atom. The number of hydrogen-bond acceptors (Lipinski definition) is 6. The van der Waals surface area contributed by atoms with Crippen molar-refractivity contribution in [1.29, 1.82) is 0 Å². The van der Waals surface area contributed by atoms with Crippen LogP contribution in [0.4, 0.5) is 10.9 Å². The topological polar surface area (TPSA) is 100 Å². The van der Waals surface area contributed by atoms with Crippen LogP contribution in [0.1, 0.15) is 22.5 Å². The fourth-order valence-corrected chi connectivity index (χ4v) is 2.81. The maximum Gasteiger partial charge on any atom is 0.265 e. The zero-order valence-electron chi connectivity index (χ0n) is 10.7. The predicted octanol–water partition coefficient (Wildman–Crippen LogP) is -0.199. The summed E-state index contributed by atoms with van der Waals surface area (Å²) in [6, 6.07) is 0. The summed E-state index contributed by atoms with van der Waals surface area (Å²) in [5.74, 6) is -0.387. The second-order valence-corrected chi connectivity index (χ2v) is 5.24. The molecular formula is C11H17N5O2S. The van der Waals surface area contributed by atoms with E-state index in [0.717, 1.165) is 31.1 Å². The molecule has 1 fully saturated rings. The second kappa shape index (κ2) is 5.87. The van der Waals surface area contributed by atoms with Gasteiger partial charge in [-0.15, -0.1) is 0 Å². The fourth-order valence-electron chi connectivity index (χ4n) is 1.86. The van der Waals surface area contributed by atoms with Crippen LogP contribution in [0.3, 0.4) is 0 Å². The van der Waals surface area contributed by atoms with E-state index in [9.17, 15) is 9.59 Å². The van der Waals surface area contributed by atoms with Crippen LogP contribution < -0.4 is 21.3 Å². The molecule has 0 unspecified atom stereocenters. The van der Waals surface area contributed by atoms with Gasteiger partial charge in [-0.2, -0.15) is 0 Å². The Hall–Kier alpha value is -1.83. The number of thiazole rings is 1. The molecule has 1 aliphatic rings. The molecular weight excluding hydrogens is 266 g/mol. The Morgan fingerprint density at radius 1 is 1.42 bits per heavy atom. The van der Waals surface area contributed by atoms with Gasteiger partial charge >= 0.3 is 0 Å². The lowest BCUT2D eigenvalue weighted by Crippen LogP contribution is -2.35. The largest absolute Gasteiger partial charge is 0.382 e. The summed E-state index contributed by atoms with van der Waals surface area (Å²) < 4.78 is 0. The van der Waals surface area contributed by atoms with Crippen molar-refractivity contribution in [3.63, 3.8) is 0 Å². The zero-order valence-corrected chi connectivity index (χ0v) is 11.5. The number of carbonyl (C=O) groups is 2. The lowest BCUT2D eigenvalue weighted by atomic mass is 10.4. The number of carbonyl (C=O) groups excluding carboxylic acids is 2. The highest BCUT2D eigenvalue weighted by Gasteiger charge is 2.21. The quantitative estimate of drug-likeness (QED) is 0.710. The number of nitrogen functional groups attached to an aromatic ring is 1. The standard InChI is InChI=1S/C11H17N5O2S/c1-13-7(17)6-14-10(18)8-9(12)15-11(19-8)16-4-2-3-5-16/h2-6,12H2,1H3,(H,13,17)(H,14,18). The van der Waals surface area contributed by atoms with Gasteiger partial charge in [0.05, 0.1) is 6.54 Å². The predicted molar refractivity (Wildman–Crippen MR) is 74.4 cm³/mol. The maximum absolute atomic E-state index is 11.9. The highest BCUT2D eigenvalue weighted by atomic mass is 32.1. The molecule has 0 bridgehead atoms. The molecule has 0 aromatic carbocycles. The molecule has 4 N–H and O–H groups in total. The first-order valence-electron chi connectivity index (χ1n) is 6.12. The Labute approximate surface area is 115 Å². The van der Waals surface area contributed by atoms with Gasteiger partial charge in [0.2, 0.25) is 5.91 Å². The van der Waals surface area contributed by atoms with Crippen molar-refractivity contribution in [2.24, 2.45) is 0 Å². The van der Waals surface area contributed by atoms with Crippen LogP contribution >= 0.6 is 11.3 Å². The lowest BCUT2D eigenvalue weighted by Gasteiger charge is -2.11. The van der Waals surface area contributed by atoms with E-state index in [1.807, 2.05) is 0 Å². The van der Waals surface area contributed by atoms with Crippen LogP contribution in [0.2, 0.25) is 0 Å². The Morgan fingerprint density at radius 3 is 2.74 bits per heavy atom. The molecule has 2 amide bonds. The van der Waals surface area contributed by atoms with Crippen LogP contribution in [-0.4, -0.2) is 43.5 Å². The van der Waals surface area contributed by atoms with E-state index in [1.54, 1.807) is 0 Å². The molecule has 0 aliphatic carbocycles. The van der Waals surface area contributed by atoms with Crippen LogP contribution in [0.25, 0.3) is 0 Å². The Bertz CT molecular complexity index is 481. The molecule has 1 aliphatic heterocycles. The molecule has 2 heterocycles. The smallest absolute Gasteiger partial charge is 0.265 e. The second-order valence-electron chi connectivity index (χ2n) is 4.26. The average Bonchev–Trinajstić information content (AvgIpc) is 3.04. The average molecular weight is 283 g/mol. The SMILES string of the molecule is CNC(=O)CNC(=O)c1sc(N2CCCC2)nc1N. The fraction of sp³-hybridized carbons (Fsp3) is 0.545. The molecule has 0 spiro atoms. The molecule has 1 aromatic heterocycles. The lowest BCUT2D eigenvalue weighted by molar-refractivity contribution is -0.119. The minimum atomic E-state index is -0.357. The van der Waals surface area contributed by atoms with E-state index < -0.39 is 0 Å². The minimum absolute atomic E-state index is 0.0638. The third-order valence-electron chi connectivity index (χ3n) is 2.91. The van der Waals surface area contributed by atoms with Gasteiger partial charge in [0, 0.05) is 20.1 Å². The summed E-state index contributed by atoms with van der Waals surface area (Å²) in [6.45, 7) is 1.84. The van der Waals surface area contributed by atoms with Gasteiger partial charge in [-0.3, -0.25) is 9.59 Å². The number of nitrogens with one attached hydrogen (secondary N) is 2. The molecule has 1 saturated heterocycles. The van der Waals surface area contributed by atoms with E-state index in [2.05, 4.69) is 20.5 Å². The zero-order chi connectivity index (χ0) is 13.8. The highest BCUT2D eigenvalue weighted by Crippen LogP contribution is 2.30. The third-order valence-corrected chi connectivity index (χ3v) is 4.04. The summed E-state index contributed by atoms with van der Waals surface area (Å²) in [4.78, 5) is 29.7. The summed E-state index contributed by atoms with van der Waals surface area (Å²) >= 11 is 1.27. The molecule has 0 atom stereocenters. The molecule has 0 saturated carbocycles. The van der Waals surface area contributed by atoms with Gasteiger partial charge in [0.25, 0.3) is 5.91 Å². The Balaban J connectivity index is 2.03. The first kappa shape index (κ1) is 13.6. The van der Waals surface area contributed by atoms with Gasteiger partial charge < -0.3 is 21.3 Å². The van der Waals surface area contributed by atoms with Crippen molar-refractivity contribution in [2.75, 3.05) is 37.3 Å². The van der Waals surface area contributed by atoms with E-state index in [-0.39, 0.29) is 24.2 Å². The van der Waals surface area contributed by atoms with Crippen LogP contribution in [0, 0.1) is 0 Å². The number of likely N-dealkylation sites (N-methyl/N-ethyl adjacent to an activating group) is 1. The summed E-state index contributed by atoms with van der Waals surface area (Å²) in [5.41, 5.74) is 5.76. The van der Waals surface area contributed by atoms with Crippen LogP contribution in [-0.2, 0) is 4.79 Å². The summed E-state index contributed by atoms with van der Waals surface area (Å²) in [5, 5.41) is 5.72. The molecule has 7 nitrogen and oxygen atoms in total. The molecule has 19 heavy (non-hydrogen) atoms. The summed E-state index contributed by atoms with van der Waals surface area (Å²) in [6.07, 6.45) is 2.27. The molecule has 104 valence electrons. The van der Waals surface area contributed by atoms with Crippen LogP contribution in [0.5, 0.6) is 0 Å². The van der Waals surface area contributed by atoms with Gasteiger partial charge in [0.15, 0.2) is 5.13 Å². The van der Waals surface area contributed by atoms with Crippen molar-refractivity contribution in [2.45, 2.75) is 12.8 Å². The normalized spacial score (nSPS) is 14.5. The van der Waals surface area contributed by atoms with Crippen molar-refractivity contribution >= 4 is 34.1 Å². The number of rotatable bonds is 4. The molecule has 2 rings (SSSR count). The number of anilines is 2. The molecule has 0 radical (unpaired) electrons. The Kier molecular flexibility index (Phi) is 4.20. The van der Waals surface area contributed by atoms with Crippen molar-refractivity contribution < 1.29 is 9.59 Å². The minimum Gasteiger partial charge on any atom is -0.382 e. The highest BCUT2D eigenvalue weighted by molar-refractivity contribution is 7.18. The molecule has 8 heteroatoms. The monoisotopic (exact) mass is 283 g/mol. The number of amides is 2. The maximum atomic E-state index is 11.9. The van der Waals surface area contributed by atoms with E-state index in [1.165, 1.54) is 18.4 Å². The van der Waals surface area contributed by atoms with Gasteiger partial charge in [0.1, 0.15) is 10.7 Å². The molecule has 1 aromatic rings. The number of nitrogens with two attached hydrogens (primary N) is 1. The third kappa shape index (κ3) is 3.14. The van der Waals surface area contributed by atoms with Gasteiger partial charge in [-0.25, -0.2) is 4.98 Å². The van der Waals surface area contributed by atoms with Gasteiger partial charge in [-0.1, -0.05) is 11.3 Å². The van der Waals surface area contributed by atoms with Crippen LogP contribution in [0.15, 0.2) is 0 Å². The first-order valence-corrected chi connectivity index (χ1v) is 6.93. The first-order chi connectivity index (χ1) is 9.11. The van der Waals surface area contributed by atoms with Crippen molar-refractivity contribution in [3.8, 4) is 0 Å². The van der Waals surface area contributed by atoms with Gasteiger partial charge in [-0.05, 0) is 12.8 Å². The van der Waals surface area contributed by atoms with E-state index in [4.69, 9.17) is 5.73 Å². The van der Waals surface area contributed by atoms with Crippen molar-refractivity contribution in [3.05, 3.63) is 4.88 Å². The van der Waals surface area contributed by atoms with Crippen molar-refractivity contribution in [1.82, 2.24) is 15.6 Å². The number of hydrogen-bond donors (Lipinski definition) is 3. The van der Waals surface area contributed by atoms with E-state index >= 15 is 0 Å².